The van der Waals surface area contributed by atoms with Crippen LogP contribution in [0, 0.1) is 0 Å². The van der Waals surface area contributed by atoms with Crippen LogP contribution in [0.25, 0.3) is 49.7 Å². The van der Waals surface area contributed by atoms with E-state index in [2.05, 4.69) is 223 Å². The summed E-state index contributed by atoms with van der Waals surface area (Å²) in [6, 6.07) is 82.5. The van der Waals surface area contributed by atoms with Gasteiger partial charge in [0.15, 0.2) is 8.07 Å². The zero-order valence-corrected chi connectivity index (χ0v) is 33.4. The standard InChI is InChI=1S/C54H37NOSSi/c1-6-20-38(21-7-1)45-34-43(58(40-24-10-3-11-25-40,41-26-12-4-13-27-41)42-28-14-5-15-29-42)35-46(39-22-8-2-9-23-39)54(45)55-48-31-17-16-30-44(48)47-36-51-53(37-49(47)55)57-52-33-19-18-32-50(52)56-51/h1-37H. The van der Waals surface area contributed by atoms with Gasteiger partial charge in [0.2, 0.25) is 0 Å². The Morgan fingerprint density at radius 1 is 0.362 bits per heavy atom. The fourth-order valence-corrected chi connectivity index (χ4v) is 14.8. The predicted octanol–water partition coefficient (Wildman–Crippen LogP) is 11.8. The second-order valence-electron chi connectivity index (χ2n) is 14.8. The summed E-state index contributed by atoms with van der Waals surface area (Å²) in [5.41, 5.74) is 8.18. The Balaban J connectivity index is 1.30. The average molecular weight is 776 g/mol. The second kappa shape index (κ2) is 14.3. The molecule has 10 aromatic rings. The summed E-state index contributed by atoms with van der Waals surface area (Å²) in [4.78, 5) is 2.23. The van der Waals surface area contributed by atoms with Gasteiger partial charge in [0.1, 0.15) is 11.5 Å². The summed E-state index contributed by atoms with van der Waals surface area (Å²) in [5, 5.41) is 7.72. The van der Waals surface area contributed by atoms with Crippen LogP contribution in [0.5, 0.6) is 11.5 Å². The van der Waals surface area contributed by atoms with Gasteiger partial charge in [-0.25, -0.2) is 0 Å². The summed E-state index contributed by atoms with van der Waals surface area (Å²) >= 11 is 1.78. The minimum atomic E-state index is -2.93. The van der Waals surface area contributed by atoms with Crippen molar-refractivity contribution in [2.75, 3.05) is 0 Å². The SMILES string of the molecule is c1ccc(-c2cc([Si](c3ccccc3)(c3ccccc3)c3ccccc3)cc(-c3ccccc3)c2-n2c3ccccc3c3cc4c(cc32)Sc2ccccc2O4)cc1. The van der Waals surface area contributed by atoms with Gasteiger partial charge in [-0.05, 0) is 62.2 Å². The number of ether oxygens (including phenoxy) is 1. The Morgan fingerprint density at radius 2 is 0.845 bits per heavy atom. The molecule has 0 aliphatic carbocycles. The van der Waals surface area contributed by atoms with Crippen LogP contribution in [0.3, 0.4) is 0 Å². The van der Waals surface area contributed by atoms with Gasteiger partial charge in [-0.3, -0.25) is 0 Å². The molecular weight excluding hydrogens is 739 g/mol. The molecule has 0 bridgehead atoms. The van der Waals surface area contributed by atoms with Crippen LogP contribution in [-0.2, 0) is 0 Å². The van der Waals surface area contributed by atoms with E-state index in [4.69, 9.17) is 4.74 Å². The normalized spacial score (nSPS) is 12.2. The molecule has 0 fully saturated rings. The molecular formula is C54H37NOSSi. The first-order chi connectivity index (χ1) is 28.8. The van der Waals surface area contributed by atoms with Crippen LogP contribution in [0.4, 0.5) is 0 Å². The smallest absolute Gasteiger partial charge is 0.179 e. The molecule has 0 saturated carbocycles. The van der Waals surface area contributed by atoms with Crippen molar-refractivity contribution in [1.82, 2.24) is 4.57 Å². The van der Waals surface area contributed by atoms with E-state index in [0.717, 1.165) is 43.4 Å². The topological polar surface area (TPSA) is 14.2 Å². The summed E-state index contributed by atoms with van der Waals surface area (Å²) in [5.74, 6) is 1.80. The molecule has 0 spiro atoms. The highest BCUT2D eigenvalue weighted by molar-refractivity contribution is 7.99. The highest BCUT2D eigenvalue weighted by atomic mass is 32.2. The van der Waals surface area contributed by atoms with Gasteiger partial charge < -0.3 is 9.30 Å². The van der Waals surface area contributed by atoms with Crippen molar-refractivity contribution >= 4 is 62.4 Å². The molecule has 0 atom stereocenters. The maximum atomic E-state index is 6.59. The largest absolute Gasteiger partial charge is 0.455 e. The molecule has 1 aliphatic rings. The van der Waals surface area contributed by atoms with E-state index in [0.29, 0.717) is 0 Å². The quantitative estimate of drug-likeness (QED) is 0.118. The first-order valence-corrected chi connectivity index (χ1v) is 22.6. The molecule has 1 aliphatic heterocycles. The van der Waals surface area contributed by atoms with E-state index in [1.54, 1.807) is 11.8 Å². The van der Waals surface area contributed by atoms with Crippen molar-refractivity contribution in [1.29, 1.82) is 0 Å². The van der Waals surface area contributed by atoms with Crippen LogP contribution in [0.2, 0.25) is 0 Å². The van der Waals surface area contributed by atoms with E-state index in [1.807, 2.05) is 6.07 Å². The zero-order valence-electron chi connectivity index (χ0n) is 31.6. The maximum absolute atomic E-state index is 6.59. The molecule has 2 heterocycles. The summed E-state index contributed by atoms with van der Waals surface area (Å²) in [6.07, 6.45) is 0. The van der Waals surface area contributed by atoms with Crippen molar-refractivity contribution in [3.8, 4) is 39.4 Å². The Hall–Kier alpha value is -6.85. The third-order valence-electron chi connectivity index (χ3n) is 11.6. The van der Waals surface area contributed by atoms with E-state index in [-0.39, 0.29) is 0 Å². The average Bonchev–Trinajstić information content (AvgIpc) is 3.61. The lowest BCUT2D eigenvalue weighted by atomic mass is 9.95. The van der Waals surface area contributed by atoms with Gasteiger partial charge in [0.25, 0.3) is 0 Å². The van der Waals surface area contributed by atoms with Gasteiger partial charge in [0, 0.05) is 21.9 Å². The monoisotopic (exact) mass is 775 g/mol. The number of benzene rings is 9. The number of fused-ring (bicyclic) bond motifs is 5. The van der Waals surface area contributed by atoms with Gasteiger partial charge >= 0.3 is 0 Å². The lowest BCUT2D eigenvalue weighted by Crippen LogP contribution is -2.74. The van der Waals surface area contributed by atoms with Crippen molar-refractivity contribution in [2.45, 2.75) is 9.79 Å². The van der Waals surface area contributed by atoms with Crippen LogP contribution in [0.1, 0.15) is 0 Å². The van der Waals surface area contributed by atoms with Crippen LogP contribution in [0.15, 0.2) is 234 Å². The molecule has 0 unspecified atom stereocenters. The number of rotatable bonds is 7. The molecule has 1 aromatic heterocycles. The fourth-order valence-electron chi connectivity index (χ4n) is 9.06. The molecule has 9 aromatic carbocycles. The minimum absolute atomic E-state index is 0.894. The minimum Gasteiger partial charge on any atom is -0.455 e. The van der Waals surface area contributed by atoms with Gasteiger partial charge in [-0.2, -0.15) is 0 Å². The molecule has 2 nitrogen and oxygen atoms in total. The van der Waals surface area contributed by atoms with Crippen molar-refractivity contribution in [2.24, 2.45) is 0 Å². The van der Waals surface area contributed by atoms with E-state index in [1.165, 1.54) is 48.4 Å². The Morgan fingerprint density at radius 3 is 1.41 bits per heavy atom. The van der Waals surface area contributed by atoms with Crippen molar-refractivity contribution in [3.63, 3.8) is 0 Å². The molecule has 58 heavy (non-hydrogen) atoms. The fraction of sp³-hybridized carbons (Fsp3) is 0. The van der Waals surface area contributed by atoms with Crippen molar-refractivity contribution < 1.29 is 4.74 Å². The van der Waals surface area contributed by atoms with Crippen LogP contribution >= 0.6 is 11.8 Å². The summed E-state index contributed by atoms with van der Waals surface area (Å²) < 4.78 is 9.11. The first-order valence-electron chi connectivity index (χ1n) is 19.8. The lowest BCUT2D eigenvalue weighted by molar-refractivity contribution is 0.455. The number of para-hydroxylation sites is 2. The number of nitrogens with zero attached hydrogens (tertiary/aromatic N) is 1. The molecule has 0 amide bonds. The first kappa shape index (κ1) is 34.4. The van der Waals surface area contributed by atoms with Crippen LogP contribution in [-0.4, -0.2) is 12.6 Å². The zero-order chi connectivity index (χ0) is 38.5. The Labute approximate surface area is 343 Å². The number of aromatic nitrogens is 1. The molecule has 274 valence electrons. The van der Waals surface area contributed by atoms with Crippen molar-refractivity contribution in [3.05, 3.63) is 224 Å². The van der Waals surface area contributed by atoms with Gasteiger partial charge in [0.05, 0.1) is 26.5 Å². The Kier molecular flexibility index (Phi) is 8.46. The highest BCUT2D eigenvalue weighted by Gasteiger charge is 2.42. The number of hydrogen-bond acceptors (Lipinski definition) is 2. The van der Waals surface area contributed by atoms with Crippen LogP contribution < -0.4 is 25.5 Å². The number of hydrogen-bond donors (Lipinski definition) is 0. The predicted molar refractivity (Wildman–Crippen MR) is 246 cm³/mol. The second-order valence-corrected chi connectivity index (χ2v) is 19.7. The molecule has 11 rings (SSSR count). The third kappa shape index (κ3) is 5.56. The lowest BCUT2D eigenvalue weighted by Gasteiger charge is -2.36. The summed E-state index contributed by atoms with van der Waals surface area (Å²) in [7, 11) is -2.93. The third-order valence-corrected chi connectivity index (χ3v) is 17.4. The maximum Gasteiger partial charge on any atom is 0.179 e. The summed E-state index contributed by atoms with van der Waals surface area (Å²) in [6.45, 7) is 0. The molecule has 0 radical (unpaired) electrons. The van der Waals surface area contributed by atoms with E-state index < -0.39 is 8.07 Å². The molecule has 4 heteroatoms. The molecule has 0 saturated heterocycles. The van der Waals surface area contributed by atoms with E-state index in [9.17, 15) is 0 Å². The van der Waals surface area contributed by atoms with Gasteiger partial charge in [-0.15, -0.1) is 0 Å². The molecule has 0 N–H and O–H groups in total. The highest BCUT2D eigenvalue weighted by Crippen LogP contribution is 2.50. The van der Waals surface area contributed by atoms with E-state index >= 15 is 0 Å². The Bertz CT molecular complexity index is 2940. The van der Waals surface area contributed by atoms with Gasteiger partial charge in [-0.1, -0.05) is 206 Å².